The molecule has 2 aliphatic rings. The van der Waals surface area contributed by atoms with Crippen LogP contribution in [-0.4, -0.2) is 35.7 Å². The molecule has 1 fully saturated rings. The van der Waals surface area contributed by atoms with E-state index in [1.807, 2.05) is 6.08 Å². The first kappa shape index (κ1) is 18.0. The fourth-order valence-corrected chi connectivity index (χ4v) is 3.19. The first-order valence-corrected chi connectivity index (χ1v) is 8.78. The van der Waals surface area contributed by atoms with E-state index in [4.69, 9.17) is 0 Å². The lowest BCUT2D eigenvalue weighted by atomic mass is 9.94. The van der Waals surface area contributed by atoms with Gasteiger partial charge in [0.1, 0.15) is 5.82 Å². The summed E-state index contributed by atoms with van der Waals surface area (Å²) in [5, 5.41) is 2.81. The van der Waals surface area contributed by atoms with Crippen molar-refractivity contribution in [3.63, 3.8) is 0 Å². The summed E-state index contributed by atoms with van der Waals surface area (Å²) in [6, 6.07) is 5.73. The molecule has 6 heteroatoms. The molecule has 0 radical (unpaired) electrons. The molecule has 3 amide bonds. The first-order valence-electron chi connectivity index (χ1n) is 8.78. The van der Waals surface area contributed by atoms with Gasteiger partial charge in [-0.05, 0) is 43.0 Å². The highest BCUT2D eigenvalue weighted by molar-refractivity contribution is 6.15. The molecule has 1 heterocycles. The number of imide groups is 1. The van der Waals surface area contributed by atoms with E-state index in [1.165, 1.54) is 12.1 Å². The van der Waals surface area contributed by atoms with Crippen molar-refractivity contribution in [3.8, 4) is 0 Å². The van der Waals surface area contributed by atoms with Crippen LogP contribution in [0.3, 0.4) is 0 Å². The van der Waals surface area contributed by atoms with Crippen LogP contribution in [0.5, 0.6) is 0 Å². The average molecular weight is 356 g/mol. The maximum atomic E-state index is 13.0. The van der Waals surface area contributed by atoms with Crippen LogP contribution in [0.2, 0.25) is 0 Å². The van der Waals surface area contributed by atoms with Gasteiger partial charge >= 0.3 is 0 Å². The van der Waals surface area contributed by atoms with Crippen LogP contribution in [0.4, 0.5) is 4.39 Å². The van der Waals surface area contributed by atoms with Gasteiger partial charge in [0.2, 0.25) is 11.8 Å². The van der Waals surface area contributed by atoms with Gasteiger partial charge in [-0.1, -0.05) is 24.3 Å². The van der Waals surface area contributed by atoms with Gasteiger partial charge in [0.05, 0.1) is 6.42 Å². The molecular formula is C20H21FN2O3. The van der Waals surface area contributed by atoms with Crippen LogP contribution in [-0.2, 0) is 14.4 Å². The topological polar surface area (TPSA) is 66.5 Å². The van der Waals surface area contributed by atoms with E-state index in [9.17, 15) is 18.8 Å². The van der Waals surface area contributed by atoms with Crippen molar-refractivity contribution in [2.45, 2.75) is 25.7 Å². The number of likely N-dealkylation sites (tertiary alicyclic amines) is 1. The van der Waals surface area contributed by atoms with Gasteiger partial charge in [0.15, 0.2) is 0 Å². The largest absolute Gasteiger partial charge is 0.354 e. The normalized spacial score (nSPS) is 21.5. The van der Waals surface area contributed by atoms with Crippen molar-refractivity contribution in [2.75, 3.05) is 13.1 Å². The van der Waals surface area contributed by atoms with Gasteiger partial charge in [-0.3, -0.25) is 19.3 Å². The highest BCUT2D eigenvalue weighted by Crippen LogP contribution is 2.22. The zero-order valence-electron chi connectivity index (χ0n) is 14.4. The monoisotopic (exact) mass is 356 g/mol. The third kappa shape index (κ3) is 4.25. The molecule has 0 aromatic heterocycles. The molecule has 1 aromatic rings. The molecule has 0 saturated carbocycles. The van der Waals surface area contributed by atoms with Crippen LogP contribution >= 0.6 is 0 Å². The van der Waals surface area contributed by atoms with Crippen LogP contribution < -0.4 is 5.32 Å². The minimum atomic E-state index is -0.355. The molecule has 1 N–H and O–H groups in total. The number of benzene rings is 1. The van der Waals surface area contributed by atoms with E-state index >= 15 is 0 Å². The molecular weight excluding hydrogens is 335 g/mol. The van der Waals surface area contributed by atoms with E-state index < -0.39 is 0 Å². The smallest absolute Gasteiger partial charge is 0.256 e. The zero-order valence-corrected chi connectivity index (χ0v) is 14.4. The molecule has 3 rings (SSSR count). The van der Waals surface area contributed by atoms with E-state index in [0.717, 1.165) is 24.2 Å². The first-order chi connectivity index (χ1) is 12.5. The number of carbonyl (C=O) groups excluding carboxylic acids is 3. The third-order valence-electron chi connectivity index (χ3n) is 4.65. The van der Waals surface area contributed by atoms with Gasteiger partial charge in [-0.25, -0.2) is 4.39 Å². The van der Waals surface area contributed by atoms with Crippen LogP contribution in [0.15, 0.2) is 42.0 Å². The predicted octanol–water partition coefficient (Wildman–Crippen LogP) is 2.44. The summed E-state index contributed by atoms with van der Waals surface area (Å²) >= 11 is 0. The molecule has 1 aromatic carbocycles. The lowest BCUT2D eigenvalue weighted by Crippen LogP contribution is -2.40. The van der Waals surface area contributed by atoms with E-state index in [0.29, 0.717) is 11.1 Å². The Balaban J connectivity index is 1.54. The zero-order chi connectivity index (χ0) is 18.5. The van der Waals surface area contributed by atoms with Crippen molar-refractivity contribution >= 4 is 23.8 Å². The number of carbonyl (C=O) groups is 3. The molecule has 5 nitrogen and oxygen atoms in total. The average Bonchev–Trinajstić information content (AvgIpc) is 2.91. The summed E-state index contributed by atoms with van der Waals surface area (Å²) in [6.07, 6.45) is 8.17. The van der Waals surface area contributed by atoms with Gasteiger partial charge in [-0.2, -0.15) is 0 Å². The van der Waals surface area contributed by atoms with Crippen LogP contribution in [0.1, 0.15) is 31.2 Å². The Morgan fingerprint density at radius 1 is 1.23 bits per heavy atom. The maximum absolute atomic E-state index is 13.0. The summed E-state index contributed by atoms with van der Waals surface area (Å²) < 4.78 is 13.0. The Kier molecular flexibility index (Phi) is 5.61. The number of amides is 3. The Hall–Kier alpha value is -2.76. The van der Waals surface area contributed by atoms with Gasteiger partial charge in [0.25, 0.3) is 5.91 Å². The molecule has 0 bridgehead atoms. The number of allylic oxidation sites excluding steroid dienone is 2. The Morgan fingerprint density at radius 2 is 2.00 bits per heavy atom. The number of nitrogens with zero attached hydrogens (tertiary/aromatic N) is 1. The van der Waals surface area contributed by atoms with Crippen molar-refractivity contribution in [1.82, 2.24) is 10.2 Å². The Labute approximate surface area is 151 Å². The van der Waals surface area contributed by atoms with Crippen molar-refractivity contribution in [3.05, 3.63) is 53.4 Å². The number of hydrogen-bond acceptors (Lipinski definition) is 3. The lowest BCUT2D eigenvalue weighted by Gasteiger charge is -2.19. The second kappa shape index (κ2) is 8.08. The number of halogens is 1. The summed E-state index contributed by atoms with van der Waals surface area (Å²) in [7, 11) is 0. The fraction of sp³-hybridized carbons (Fsp3) is 0.350. The minimum absolute atomic E-state index is 0.0254. The SMILES string of the molecule is O=C(NCCN1C(=O)C/C(=C\c2ccc(F)cc2)C1=O)C1CC=CCC1. The minimum Gasteiger partial charge on any atom is -0.354 e. The molecule has 1 saturated heterocycles. The molecule has 1 atom stereocenters. The number of hydrogen-bond donors (Lipinski definition) is 1. The Morgan fingerprint density at radius 3 is 2.69 bits per heavy atom. The van der Waals surface area contributed by atoms with Crippen LogP contribution in [0, 0.1) is 11.7 Å². The lowest BCUT2D eigenvalue weighted by molar-refractivity contribution is -0.138. The summed E-state index contributed by atoms with van der Waals surface area (Å²) in [5.41, 5.74) is 1.05. The number of rotatable bonds is 5. The van der Waals surface area contributed by atoms with Crippen molar-refractivity contribution in [2.24, 2.45) is 5.92 Å². The molecule has 26 heavy (non-hydrogen) atoms. The van der Waals surface area contributed by atoms with Gasteiger partial charge in [0, 0.05) is 24.6 Å². The summed E-state index contributed by atoms with van der Waals surface area (Å²) in [4.78, 5) is 37.8. The fourth-order valence-electron chi connectivity index (χ4n) is 3.19. The highest BCUT2D eigenvalue weighted by atomic mass is 19.1. The quantitative estimate of drug-likeness (QED) is 0.501. The molecule has 1 aliphatic carbocycles. The molecule has 1 unspecified atom stereocenters. The third-order valence-corrected chi connectivity index (χ3v) is 4.65. The summed E-state index contributed by atoms with van der Waals surface area (Å²) in [6.45, 7) is 0.410. The van der Waals surface area contributed by atoms with E-state index in [2.05, 4.69) is 11.4 Å². The highest BCUT2D eigenvalue weighted by Gasteiger charge is 2.33. The van der Waals surface area contributed by atoms with Gasteiger partial charge in [-0.15, -0.1) is 0 Å². The maximum Gasteiger partial charge on any atom is 0.256 e. The molecule has 1 aliphatic heterocycles. The second-order valence-corrected chi connectivity index (χ2v) is 6.52. The standard InChI is InChI=1S/C20H21FN2O3/c21-17-8-6-14(7-9-17)12-16-13-18(24)23(20(16)26)11-10-22-19(25)15-4-2-1-3-5-15/h1-2,6-9,12,15H,3-5,10-11,13H2,(H,22,25)/b16-12+. The van der Waals surface area contributed by atoms with E-state index in [-0.39, 0.29) is 49.0 Å². The molecule has 136 valence electrons. The van der Waals surface area contributed by atoms with Crippen molar-refractivity contribution in [1.29, 1.82) is 0 Å². The van der Waals surface area contributed by atoms with Crippen molar-refractivity contribution < 1.29 is 18.8 Å². The van der Waals surface area contributed by atoms with Gasteiger partial charge < -0.3 is 5.32 Å². The van der Waals surface area contributed by atoms with Crippen LogP contribution in [0.25, 0.3) is 6.08 Å². The second-order valence-electron chi connectivity index (χ2n) is 6.52. The van der Waals surface area contributed by atoms with E-state index in [1.54, 1.807) is 18.2 Å². The summed E-state index contributed by atoms with van der Waals surface area (Å²) in [5.74, 6) is -1.05. The Bertz CT molecular complexity index is 768. The molecule has 0 spiro atoms. The predicted molar refractivity (Wildman–Crippen MR) is 95.2 cm³/mol. The number of nitrogens with one attached hydrogen (secondary N) is 1.